The molecule has 2 N–H and O–H groups in total. The summed E-state index contributed by atoms with van der Waals surface area (Å²) in [6, 6.07) is 13.7. The molecule has 0 amide bonds. The SMILES string of the molecule is C=C1B(C#N)CC2C(c3ccc(Cl)cc3)C(c3ccc(Cl)cc3Cl)CCC12N. The number of hydrogen-bond acceptors (Lipinski definition) is 2. The molecule has 1 saturated carbocycles. The van der Waals surface area contributed by atoms with Crippen LogP contribution in [0.2, 0.25) is 21.4 Å². The van der Waals surface area contributed by atoms with Gasteiger partial charge < -0.3 is 5.73 Å². The molecule has 2 aliphatic rings. The zero-order valence-corrected chi connectivity index (χ0v) is 17.6. The molecule has 0 spiro atoms. The van der Waals surface area contributed by atoms with Crippen molar-refractivity contribution >= 4 is 41.5 Å². The monoisotopic (exact) mass is 428 g/mol. The van der Waals surface area contributed by atoms with Crippen LogP contribution in [0.5, 0.6) is 0 Å². The van der Waals surface area contributed by atoms with Crippen LogP contribution in [0, 0.1) is 17.1 Å². The second kappa shape index (κ2) is 7.43. The summed E-state index contributed by atoms with van der Waals surface area (Å²) in [5.41, 5.74) is 9.51. The Bertz CT molecular complexity index is 969. The summed E-state index contributed by atoms with van der Waals surface area (Å²) in [7, 11) is 0. The molecule has 1 saturated heterocycles. The topological polar surface area (TPSA) is 49.8 Å². The first-order chi connectivity index (χ1) is 13.3. The quantitative estimate of drug-likeness (QED) is 0.571. The third-order valence-corrected chi connectivity index (χ3v) is 7.49. The highest BCUT2D eigenvalue weighted by Crippen LogP contribution is 2.58. The van der Waals surface area contributed by atoms with Crippen LogP contribution in [0.3, 0.4) is 0 Å². The third kappa shape index (κ3) is 3.17. The van der Waals surface area contributed by atoms with Gasteiger partial charge in [0.2, 0.25) is 0 Å². The van der Waals surface area contributed by atoms with Crippen molar-refractivity contribution in [1.29, 1.82) is 5.26 Å². The van der Waals surface area contributed by atoms with Gasteiger partial charge in [-0.25, -0.2) is 5.26 Å². The lowest BCUT2D eigenvalue weighted by molar-refractivity contribution is 0.203. The Morgan fingerprint density at radius 3 is 2.43 bits per heavy atom. The van der Waals surface area contributed by atoms with Crippen molar-refractivity contribution < 1.29 is 0 Å². The number of nitrogens with two attached hydrogens (primary N) is 1. The van der Waals surface area contributed by atoms with Gasteiger partial charge in [-0.1, -0.05) is 58.5 Å². The molecule has 28 heavy (non-hydrogen) atoms. The van der Waals surface area contributed by atoms with Crippen molar-refractivity contribution in [3.63, 3.8) is 0 Å². The first-order valence-corrected chi connectivity index (χ1v) is 10.6. The zero-order valence-electron chi connectivity index (χ0n) is 15.3. The lowest BCUT2D eigenvalue weighted by atomic mass is 9.46. The predicted molar refractivity (Wildman–Crippen MR) is 118 cm³/mol. The van der Waals surface area contributed by atoms with Crippen LogP contribution in [-0.4, -0.2) is 12.3 Å². The van der Waals surface area contributed by atoms with Crippen molar-refractivity contribution in [2.24, 2.45) is 11.7 Å². The van der Waals surface area contributed by atoms with Crippen LogP contribution in [0.1, 0.15) is 35.8 Å². The van der Waals surface area contributed by atoms with E-state index in [1.165, 1.54) is 5.56 Å². The summed E-state index contributed by atoms with van der Waals surface area (Å²) in [4.78, 5) is 0. The Hall–Kier alpha value is -1.44. The number of benzene rings is 2. The van der Waals surface area contributed by atoms with Crippen LogP contribution in [0.4, 0.5) is 0 Å². The molecular weight excluding hydrogens is 409 g/mol. The molecule has 2 aromatic rings. The summed E-state index contributed by atoms with van der Waals surface area (Å²) in [6.45, 7) is 4.02. The minimum atomic E-state index is -0.528. The van der Waals surface area contributed by atoms with Gasteiger partial charge in [-0.05, 0) is 72.3 Å². The molecule has 6 heteroatoms. The van der Waals surface area contributed by atoms with Crippen LogP contribution >= 0.6 is 34.8 Å². The standard InChI is InChI=1S/C22H20BCl3N2/c1-13-22(28)9-8-18(17-7-6-16(25)10-20(17)26)21(19(22)11-23(13)12-27)14-2-4-15(24)5-3-14/h2-7,10,18-19,21H,1,8-9,11,28H2. The molecule has 4 atom stereocenters. The number of halogens is 3. The van der Waals surface area contributed by atoms with Gasteiger partial charge in [0, 0.05) is 26.6 Å². The van der Waals surface area contributed by atoms with Crippen molar-refractivity contribution in [2.75, 3.05) is 0 Å². The van der Waals surface area contributed by atoms with E-state index in [1.54, 1.807) is 6.07 Å². The fourth-order valence-corrected chi connectivity index (χ4v) is 5.94. The van der Waals surface area contributed by atoms with Crippen molar-refractivity contribution in [3.8, 4) is 5.97 Å². The first kappa shape index (κ1) is 19.9. The van der Waals surface area contributed by atoms with E-state index >= 15 is 0 Å². The van der Waals surface area contributed by atoms with Gasteiger partial charge in [-0.15, -0.1) is 6.58 Å². The molecule has 1 aliphatic carbocycles. The fraction of sp³-hybridized carbons (Fsp3) is 0.318. The smallest absolute Gasteiger partial charge is 0.297 e. The predicted octanol–water partition coefficient (Wildman–Crippen LogP) is 6.29. The molecule has 4 rings (SSSR count). The summed E-state index contributed by atoms with van der Waals surface area (Å²) < 4.78 is 0. The molecule has 1 aliphatic heterocycles. The molecule has 142 valence electrons. The van der Waals surface area contributed by atoms with Crippen molar-refractivity contribution in [1.82, 2.24) is 0 Å². The highest BCUT2D eigenvalue weighted by Gasteiger charge is 2.56. The molecule has 2 fully saturated rings. The summed E-state index contributed by atoms with van der Waals surface area (Å²) in [5, 5.41) is 11.6. The van der Waals surface area contributed by atoms with Gasteiger partial charge in [-0.2, -0.15) is 0 Å². The fourth-order valence-electron chi connectivity index (χ4n) is 5.27. The number of nitriles is 1. The van der Waals surface area contributed by atoms with Gasteiger partial charge in [0.1, 0.15) is 0 Å². The molecule has 0 radical (unpaired) electrons. The van der Waals surface area contributed by atoms with E-state index < -0.39 is 5.54 Å². The van der Waals surface area contributed by atoms with Gasteiger partial charge in [0.15, 0.2) is 0 Å². The maximum absolute atomic E-state index is 9.63. The zero-order chi connectivity index (χ0) is 20.1. The van der Waals surface area contributed by atoms with E-state index in [-0.39, 0.29) is 24.5 Å². The molecular formula is C22H20BCl3N2. The van der Waals surface area contributed by atoms with Gasteiger partial charge in [0.05, 0.1) is 0 Å². The van der Waals surface area contributed by atoms with Crippen LogP contribution in [-0.2, 0) is 0 Å². The van der Waals surface area contributed by atoms with Crippen molar-refractivity contribution in [3.05, 3.63) is 80.7 Å². The molecule has 4 unspecified atom stereocenters. The summed E-state index contributed by atoms with van der Waals surface area (Å²) in [5.74, 6) is 2.85. The molecule has 1 heterocycles. The number of fused-ring (bicyclic) bond motifs is 1. The molecule has 2 nitrogen and oxygen atoms in total. The number of hydrogen-bond donors (Lipinski definition) is 1. The molecule has 0 aromatic heterocycles. The average molecular weight is 430 g/mol. The van der Waals surface area contributed by atoms with E-state index in [9.17, 15) is 5.26 Å². The number of nitrogens with zero attached hydrogens (tertiary/aromatic N) is 1. The Balaban J connectivity index is 1.84. The second-order valence-electron chi connectivity index (χ2n) is 7.98. The average Bonchev–Trinajstić information content (AvgIpc) is 2.93. The normalized spacial score (nSPS) is 29.5. The van der Waals surface area contributed by atoms with Crippen molar-refractivity contribution in [2.45, 2.75) is 36.5 Å². The lowest BCUT2D eigenvalue weighted by Gasteiger charge is -2.47. The van der Waals surface area contributed by atoms with E-state index in [0.717, 1.165) is 30.2 Å². The largest absolute Gasteiger partial charge is 0.322 e. The molecule has 0 bridgehead atoms. The molecule has 2 aromatic carbocycles. The maximum atomic E-state index is 9.63. The van der Waals surface area contributed by atoms with E-state index in [1.807, 2.05) is 24.3 Å². The Morgan fingerprint density at radius 2 is 1.79 bits per heavy atom. The lowest BCUT2D eigenvalue weighted by Crippen LogP contribution is -2.51. The maximum Gasteiger partial charge on any atom is 0.297 e. The Kier molecular flexibility index (Phi) is 5.27. The van der Waals surface area contributed by atoms with Gasteiger partial charge in [-0.3, -0.25) is 0 Å². The highest BCUT2D eigenvalue weighted by molar-refractivity contribution is 6.75. The Morgan fingerprint density at radius 1 is 1.11 bits per heavy atom. The second-order valence-corrected chi connectivity index (χ2v) is 9.26. The minimum Gasteiger partial charge on any atom is -0.322 e. The summed E-state index contributed by atoms with van der Waals surface area (Å²) in [6.07, 6.45) is 2.39. The Labute approximate surface area is 181 Å². The summed E-state index contributed by atoms with van der Waals surface area (Å²) >= 11 is 18.9. The van der Waals surface area contributed by atoms with Crippen LogP contribution < -0.4 is 5.73 Å². The number of rotatable bonds is 2. The van der Waals surface area contributed by atoms with Gasteiger partial charge in [0.25, 0.3) is 6.71 Å². The third-order valence-electron chi connectivity index (χ3n) is 6.68. The van der Waals surface area contributed by atoms with Crippen LogP contribution in [0.25, 0.3) is 0 Å². The highest BCUT2D eigenvalue weighted by atomic mass is 35.5. The first-order valence-electron chi connectivity index (χ1n) is 9.43. The minimum absolute atomic E-state index is 0.122. The van der Waals surface area contributed by atoms with E-state index in [2.05, 4.69) is 24.7 Å². The van der Waals surface area contributed by atoms with E-state index in [0.29, 0.717) is 15.1 Å². The van der Waals surface area contributed by atoms with Gasteiger partial charge >= 0.3 is 0 Å². The van der Waals surface area contributed by atoms with Crippen LogP contribution in [0.15, 0.2) is 54.5 Å². The van der Waals surface area contributed by atoms with E-state index in [4.69, 9.17) is 40.5 Å².